The molecular weight excluding hydrogens is 322 g/mol. The predicted molar refractivity (Wildman–Crippen MR) is 95.1 cm³/mol. The molecule has 0 unspecified atom stereocenters. The molecule has 2 aromatic carbocycles. The van der Waals surface area contributed by atoms with Crippen molar-refractivity contribution >= 4 is 33.3 Å². The smallest absolute Gasteiger partial charge is 0.349 e. The summed E-state index contributed by atoms with van der Waals surface area (Å²) < 4.78 is 6.57. The van der Waals surface area contributed by atoms with Crippen molar-refractivity contribution < 1.29 is 14.3 Å². The molecule has 0 bridgehead atoms. The molecule has 3 aromatic rings. The van der Waals surface area contributed by atoms with Gasteiger partial charge in [-0.25, -0.2) is 4.79 Å². The lowest BCUT2D eigenvalue weighted by molar-refractivity contribution is -0.138. The molecule has 24 heavy (non-hydrogen) atoms. The van der Waals surface area contributed by atoms with Crippen LogP contribution in [0.2, 0.25) is 0 Å². The molecule has 0 aliphatic carbocycles. The van der Waals surface area contributed by atoms with Crippen molar-refractivity contribution in [3.8, 4) is 0 Å². The molecule has 0 radical (unpaired) electrons. The number of carbonyl (C=O) groups excluding carboxylic acids is 2. The summed E-state index contributed by atoms with van der Waals surface area (Å²) >= 11 is 1.36. The van der Waals surface area contributed by atoms with Crippen LogP contribution in [0, 0.1) is 0 Å². The van der Waals surface area contributed by atoms with Crippen molar-refractivity contribution in [3.05, 3.63) is 71.1 Å². The van der Waals surface area contributed by atoms with Gasteiger partial charge in [0.25, 0.3) is 5.91 Å². The van der Waals surface area contributed by atoms with Crippen LogP contribution in [-0.4, -0.2) is 30.9 Å². The zero-order valence-electron chi connectivity index (χ0n) is 13.4. The third-order valence-corrected chi connectivity index (χ3v) is 4.72. The van der Waals surface area contributed by atoms with Crippen molar-refractivity contribution in [2.75, 3.05) is 14.1 Å². The molecule has 4 nitrogen and oxygen atoms in total. The highest BCUT2D eigenvalue weighted by molar-refractivity contribution is 7.20. The van der Waals surface area contributed by atoms with E-state index in [1.54, 1.807) is 32.3 Å². The number of amides is 1. The Morgan fingerprint density at radius 2 is 1.67 bits per heavy atom. The van der Waals surface area contributed by atoms with Crippen LogP contribution in [0.5, 0.6) is 0 Å². The summed E-state index contributed by atoms with van der Waals surface area (Å²) in [5.41, 5.74) is 0.658. The topological polar surface area (TPSA) is 46.6 Å². The van der Waals surface area contributed by atoms with Crippen LogP contribution in [0.3, 0.4) is 0 Å². The summed E-state index contributed by atoms with van der Waals surface area (Å²) in [7, 11) is 3.29. The monoisotopic (exact) mass is 339 g/mol. The maximum absolute atomic E-state index is 12.5. The van der Waals surface area contributed by atoms with Crippen molar-refractivity contribution in [1.29, 1.82) is 0 Å². The maximum atomic E-state index is 12.5. The van der Waals surface area contributed by atoms with Crippen LogP contribution in [0.25, 0.3) is 10.1 Å². The minimum atomic E-state index is -0.945. The third-order valence-electron chi connectivity index (χ3n) is 3.62. The molecule has 0 fully saturated rings. The van der Waals surface area contributed by atoms with Crippen LogP contribution in [0.1, 0.15) is 21.3 Å². The predicted octanol–water partition coefficient (Wildman–Crippen LogP) is 3.89. The lowest BCUT2D eigenvalue weighted by Crippen LogP contribution is -2.31. The normalized spacial score (nSPS) is 11.9. The van der Waals surface area contributed by atoms with E-state index in [1.165, 1.54) is 16.2 Å². The van der Waals surface area contributed by atoms with Crippen LogP contribution in [-0.2, 0) is 9.53 Å². The summed E-state index contributed by atoms with van der Waals surface area (Å²) in [6.07, 6.45) is -0.945. The number of benzene rings is 2. The van der Waals surface area contributed by atoms with Gasteiger partial charge in [-0.3, -0.25) is 4.79 Å². The highest BCUT2D eigenvalue weighted by atomic mass is 32.1. The first-order chi connectivity index (χ1) is 11.6. The molecule has 1 aromatic heterocycles. The minimum Gasteiger partial charge on any atom is -0.443 e. The number of thiophene rings is 1. The van der Waals surface area contributed by atoms with Gasteiger partial charge in [0, 0.05) is 24.4 Å². The standard InChI is InChI=1S/C19H17NO3S/c1-20(2)18(21)17(13-8-4-3-5-9-13)23-19(22)16-12-14-10-6-7-11-15(14)24-16/h3-12,17H,1-2H3/t17-/m0/s1. The van der Waals surface area contributed by atoms with Gasteiger partial charge in [0.2, 0.25) is 6.10 Å². The van der Waals surface area contributed by atoms with Gasteiger partial charge in [0.05, 0.1) is 0 Å². The number of rotatable bonds is 4. The van der Waals surface area contributed by atoms with E-state index in [0.717, 1.165) is 10.1 Å². The number of ether oxygens (including phenoxy) is 1. The quantitative estimate of drug-likeness (QED) is 0.678. The largest absolute Gasteiger partial charge is 0.443 e. The van der Waals surface area contributed by atoms with Crippen LogP contribution < -0.4 is 0 Å². The fourth-order valence-corrected chi connectivity index (χ4v) is 3.32. The molecule has 1 atom stereocenters. The first kappa shape index (κ1) is 16.2. The number of hydrogen-bond donors (Lipinski definition) is 0. The van der Waals surface area contributed by atoms with Crippen LogP contribution in [0.15, 0.2) is 60.7 Å². The van der Waals surface area contributed by atoms with E-state index in [0.29, 0.717) is 10.4 Å². The van der Waals surface area contributed by atoms with Gasteiger partial charge in [0.15, 0.2) is 0 Å². The van der Waals surface area contributed by atoms with Gasteiger partial charge in [-0.15, -0.1) is 11.3 Å². The Balaban J connectivity index is 1.89. The highest BCUT2D eigenvalue weighted by Gasteiger charge is 2.27. The van der Waals surface area contributed by atoms with E-state index in [4.69, 9.17) is 4.74 Å². The lowest BCUT2D eigenvalue weighted by atomic mass is 10.1. The molecule has 0 saturated heterocycles. The Hall–Kier alpha value is -2.66. The summed E-state index contributed by atoms with van der Waals surface area (Å²) in [4.78, 5) is 26.9. The van der Waals surface area contributed by atoms with E-state index in [2.05, 4.69) is 0 Å². The van der Waals surface area contributed by atoms with E-state index in [-0.39, 0.29) is 5.91 Å². The fourth-order valence-electron chi connectivity index (χ4n) is 2.37. The number of fused-ring (bicyclic) bond motifs is 1. The zero-order valence-corrected chi connectivity index (χ0v) is 14.2. The molecule has 5 heteroatoms. The van der Waals surface area contributed by atoms with Gasteiger partial charge in [-0.05, 0) is 17.5 Å². The van der Waals surface area contributed by atoms with Crippen molar-refractivity contribution in [2.45, 2.75) is 6.10 Å². The maximum Gasteiger partial charge on any atom is 0.349 e. The molecule has 0 N–H and O–H groups in total. The average Bonchev–Trinajstić information content (AvgIpc) is 3.04. The Labute approximate surface area is 144 Å². The second-order valence-corrected chi connectivity index (χ2v) is 6.66. The number of hydrogen-bond acceptors (Lipinski definition) is 4. The van der Waals surface area contributed by atoms with Crippen LogP contribution in [0.4, 0.5) is 0 Å². The first-order valence-corrected chi connectivity index (χ1v) is 8.33. The Kier molecular flexibility index (Phi) is 4.62. The molecule has 0 saturated carbocycles. The average molecular weight is 339 g/mol. The Morgan fingerprint density at radius 3 is 2.33 bits per heavy atom. The van der Waals surface area contributed by atoms with E-state index >= 15 is 0 Å². The molecule has 3 rings (SSSR count). The van der Waals surface area contributed by atoms with Gasteiger partial charge >= 0.3 is 5.97 Å². The molecule has 122 valence electrons. The molecule has 1 heterocycles. The summed E-state index contributed by atoms with van der Waals surface area (Å²) in [5.74, 6) is -0.754. The number of carbonyl (C=O) groups is 2. The zero-order chi connectivity index (χ0) is 17.1. The summed E-state index contributed by atoms with van der Waals surface area (Å²) in [5, 5.41) is 0.990. The molecule has 1 amide bonds. The second kappa shape index (κ2) is 6.84. The van der Waals surface area contributed by atoms with E-state index < -0.39 is 12.1 Å². The van der Waals surface area contributed by atoms with E-state index in [1.807, 2.05) is 42.5 Å². The molecule has 0 aliphatic heterocycles. The SMILES string of the molecule is CN(C)C(=O)[C@@H](OC(=O)c1cc2ccccc2s1)c1ccccc1. The fraction of sp³-hybridized carbons (Fsp3) is 0.158. The summed E-state index contributed by atoms with van der Waals surface area (Å²) in [6.45, 7) is 0. The van der Waals surface area contributed by atoms with Crippen molar-refractivity contribution in [3.63, 3.8) is 0 Å². The van der Waals surface area contributed by atoms with Crippen LogP contribution >= 0.6 is 11.3 Å². The van der Waals surface area contributed by atoms with Crippen molar-refractivity contribution in [2.24, 2.45) is 0 Å². The molecule has 0 aliphatic rings. The number of esters is 1. The highest BCUT2D eigenvalue weighted by Crippen LogP contribution is 2.28. The minimum absolute atomic E-state index is 0.268. The van der Waals surface area contributed by atoms with Gasteiger partial charge in [-0.1, -0.05) is 48.5 Å². The summed E-state index contributed by atoms with van der Waals surface area (Å²) in [6, 6.07) is 18.6. The van der Waals surface area contributed by atoms with Gasteiger partial charge in [0.1, 0.15) is 4.88 Å². The molecular formula is C19H17NO3S. The second-order valence-electron chi connectivity index (χ2n) is 5.58. The number of nitrogens with zero attached hydrogens (tertiary/aromatic N) is 1. The third kappa shape index (κ3) is 3.31. The van der Waals surface area contributed by atoms with E-state index in [9.17, 15) is 9.59 Å². The lowest BCUT2D eigenvalue weighted by Gasteiger charge is -2.20. The first-order valence-electron chi connectivity index (χ1n) is 7.52. The van der Waals surface area contributed by atoms with Gasteiger partial charge in [-0.2, -0.15) is 0 Å². The Morgan fingerprint density at radius 1 is 1.00 bits per heavy atom. The molecule has 0 spiro atoms. The van der Waals surface area contributed by atoms with Gasteiger partial charge < -0.3 is 9.64 Å². The Bertz CT molecular complexity index is 837. The number of likely N-dealkylation sites (N-methyl/N-ethyl adjacent to an activating group) is 1. The van der Waals surface area contributed by atoms with Crippen molar-refractivity contribution in [1.82, 2.24) is 4.90 Å².